The second-order valence-corrected chi connectivity index (χ2v) is 9.42. The summed E-state index contributed by atoms with van der Waals surface area (Å²) in [4.78, 5) is 35.3. The van der Waals surface area contributed by atoms with Crippen molar-refractivity contribution >= 4 is 45.7 Å². The largest absolute Gasteiger partial charge is 0.329 e. The number of thiazole rings is 1. The van der Waals surface area contributed by atoms with E-state index in [1.807, 2.05) is 17.8 Å². The number of aryl methyl sites for hydroxylation is 2. The highest BCUT2D eigenvalue weighted by molar-refractivity contribution is 7.99. The van der Waals surface area contributed by atoms with E-state index in [1.54, 1.807) is 41.8 Å². The Bertz CT molecular complexity index is 1080. The predicted octanol–water partition coefficient (Wildman–Crippen LogP) is 3.98. The number of nitrogens with zero attached hydrogens (tertiary/aromatic N) is 3. The van der Waals surface area contributed by atoms with E-state index in [2.05, 4.69) is 27.5 Å². The first-order valence-electron chi connectivity index (χ1n) is 9.78. The highest BCUT2D eigenvalue weighted by Gasteiger charge is 2.21. The molecule has 2 N–H and O–H groups in total. The third-order valence-corrected chi connectivity index (χ3v) is 7.06. The van der Waals surface area contributed by atoms with Crippen LogP contribution in [0.1, 0.15) is 34.3 Å². The van der Waals surface area contributed by atoms with Crippen LogP contribution in [0.4, 0.5) is 10.8 Å². The van der Waals surface area contributed by atoms with Gasteiger partial charge in [0.05, 0.1) is 22.7 Å². The maximum absolute atomic E-state index is 12.9. The van der Waals surface area contributed by atoms with E-state index in [0.29, 0.717) is 22.3 Å². The summed E-state index contributed by atoms with van der Waals surface area (Å²) in [6, 6.07) is 7.00. The van der Waals surface area contributed by atoms with Crippen molar-refractivity contribution in [3.63, 3.8) is 0 Å². The molecule has 0 saturated carbocycles. The fraction of sp³-hybridized carbons (Fsp3) is 0.333. The van der Waals surface area contributed by atoms with Gasteiger partial charge in [-0.05, 0) is 37.3 Å². The molecule has 2 heterocycles. The second-order valence-electron chi connectivity index (χ2n) is 7.39. The number of hydrogen-bond acceptors (Lipinski definition) is 6. The van der Waals surface area contributed by atoms with Crippen molar-refractivity contribution in [1.82, 2.24) is 14.5 Å². The minimum absolute atomic E-state index is 0.193. The summed E-state index contributed by atoms with van der Waals surface area (Å²) in [5, 5.41) is 7.12. The number of anilines is 2. The van der Waals surface area contributed by atoms with Crippen LogP contribution in [0, 0.1) is 5.92 Å². The minimum atomic E-state index is -0.276. The Hall–Kier alpha value is -2.65. The molecule has 4 rings (SSSR count). The molecule has 3 aromatic rings. The van der Waals surface area contributed by atoms with Gasteiger partial charge >= 0.3 is 0 Å². The van der Waals surface area contributed by atoms with Crippen LogP contribution in [-0.2, 0) is 24.7 Å². The Morgan fingerprint density at radius 1 is 1.30 bits per heavy atom. The van der Waals surface area contributed by atoms with Gasteiger partial charge in [-0.25, -0.2) is 9.97 Å². The third-order valence-electron chi connectivity index (χ3n) is 4.96. The van der Waals surface area contributed by atoms with Crippen LogP contribution in [-0.4, -0.2) is 32.1 Å². The summed E-state index contributed by atoms with van der Waals surface area (Å²) < 4.78 is 1.85. The van der Waals surface area contributed by atoms with E-state index in [0.717, 1.165) is 30.1 Å². The Morgan fingerprint density at radius 2 is 2.13 bits per heavy atom. The van der Waals surface area contributed by atoms with Crippen molar-refractivity contribution in [2.45, 2.75) is 31.3 Å². The summed E-state index contributed by atoms with van der Waals surface area (Å²) in [5.74, 6) is 0.392. The zero-order chi connectivity index (χ0) is 21.1. The lowest BCUT2D eigenvalue weighted by Gasteiger charge is -2.15. The summed E-state index contributed by atoms with van der Waals surface area (Å²) >= 11 is 2.89. The van der Waals surface area contributed by atoms with Crippen molar-refractivity contribution in [3.05, 3.63) is 52.8 Å². The molecular formula is C21H23N5O2S2. The topological polar surface area (TPSA) is 88.9 Å². The first-order chi connectivity index (χ1) is 14.5. The number of para-hydroxylation sites is 1. The van der Waals surface area contributed by atoms with Gasteiger partial charge in [-0.15, -0.1) is 11.3 Å². The number of imidazole rings is 1. The molecule has 0 aliphatic heterocycles. The van der Waals surface area contributed by atoms with E-state index in [1.165, 1.54) is 16.6 Å². The molecule has 0 saturated heterocycles. The van der Waals surface area contributed by atoms with Crippen LogP contribution in [0.3, 0.4) is 0 Å². The van der Waals surface area contributed by atoms with E-state index in [-0.39, 0.29) is 17.6 Å². The van der Waals surface area contributed by atoms with Gasteiger partial charge in [-0.2, -0.15) is 0 Å². The fourth-order valence-electron chi connectivity index (χ4n) is 3.36. The number of aromatic nitrogens is 3. The van der Waals surface area contributed by atoms with E-state index in [4.69, 9.17) is 0 Å². The summed E-state index contributed by atoms with van der Waals surface area (Å²) in [7, 11) is 1.88. The molecule has 9 heteroatoms. The number of rotatable bonds is 6. The summed E-state index contributed by atoms with van der Waals surface area (Å²) in [5.41, 5.74) is 1.99. The van der Waals surface area contributed by atoms with Gasteiger partial charge in [0.25, 0.3) is 5.91 Å². The molecule has 30 heavy (non-hydrogen) atoms. The Balaban J connectivity index is 1.41. The van der Waals surface area contributed by atoms with Crippen LogP contribution in [0.5, 0.6) is 0 Å². The van der Waals surface area contributed by atoms with Crippen LogP contribution >= 0.6 is 23.1 Å². The van der Waals surface area contributed by atoms with E-state index >= 15 is 0 Å². The maximum Gasteiger partial charge on any atom is 0.259 e. The SMILES string of the molecule is CC1CCc2nc(NC(=O)c3ccccc3NC(=O)CSc3nccn3C)sc2C1. The van der Waals surface area contributed by atoms with E-state index in [9.17, 15) is 9.59 Å². The van der Waals surface area contributed by atoms with Crippen molar-refractivity contribution in [2.24, 2.45) is 13.0 Å². The Morgan fingerprint density at radius 3 is 2.93 bits per heavy atom. The predicted molar refractivity (Wildman–Crippen MR) is 120 cm³/mol. The van der Waals surface area contributed by atoms with Gasteiger partial charge in [0.2, 0.25) is 5.91 Å². The fourth-order valence-corrected chi connectivity index (χ4v) is 5.25. The molecule has 156 valence electrons. The van der Waals surface area contributed by atoms with Gasteiger partial charge in [0.1, 0.15) is 0 Å². The zero-order valence-corrected chi connectivity index (χ0v) is 18.5. The van der Waals surface area contributed by atoms with Gasteiger partial charge in [-0.1, -0.05) is 30.8 Å². The average molecular weight is 442 g/mol. The Kier molecular flexibility index (Phi) is 6.19. The van der Waals surface area contributed by atoms with Gasteiger partial charge in [-0.3, -0.25) is 14.9 Å². The summed E-state index contributed by atoms with van der Waals surface area (Å²) in [6.07, 6.45) is 6.63. The highest BCUT2D eigenvalue weighted by Crippen LogP contribution is 2.32. The monoisotopic (exact) mass is 441 g/mol. The van der Waals surface area contributed by atoms with Gasteiger partial charge in [0.15, 0.2) is 10.3 Å². The number of carbonyl (C=O) groups excluding carboxylic acids is 2. The lowest BCUT2D eigenvalue weighted by Crippen LogP contribution is -2.19. The van der Waals surface area contributed by atoms with Crippen molar-refractivity contribution in [2.75, 3.05) is 16.4 Å². The first-order valence-corrected chi connectivity index (χ1v) is 11.6. The minimum Gasteiger partial charge on any atom is -0.329 e. The second kappa shape index (κ2) is 9.01. The molecule has 0 fully saturated rings. The molecule has 0 spiro atoms. The molecule has 2 amide bonds. The molecule has 1 atom stereocenters. The molecule has 1 unspecified atom stereocenters. The van der Waals surface area contributed by atoms with E-state index < -0.39 is 0 Å². The number of thioether (sulfide) groups is 1. The molecular weight excluding hydrogens is 418 g/mol. The highest BCUT2D eigenvalue weighted by atomic mass is 32.2. The number of fused-ring (bicyclic) bond motifs is 1. The molecule has 2 aromatic heterocycles. The lowest BCUT2D eigenvalue weighted by atomic mass is 9.93. The zero-order valence-electron chi connectivity index (χ0n) is 16.8. The first kappa shape index (κ1) is 20.6. The Labute approximate surface area is 183 Å². The number of carbonyl (C=O) groups is 2. The lowest BCUT2D eigenvalue weighted by molar-refractivity contribution is -0.113. The molecule has 7 nitrogen and oxygen atoms in total. The number of amides is 2. The van der Waals surface area contributed by atoms with Crippen molar-refractivity contribution < 1.29 is 9.59 Å². The van der Waals surface area contributed by atoms with Gasteiger partial charge in [0, 0.05) is 24.3 Å². The number of hydrogen-bond donors (Lipinski definition) is 2. The number of nitrogens with one attached hydrogen (secondary N) is 2. The standard InChI is InChI=1S/C21H23N5O2S2/c1-13-7-8-16-17(11-13)30-20(24-16)25-19(28)14-5-3-4-6-15(14)23-18(27)12-29-21-22-9-10-26(21)2/h3-6,9-10,13H,7-8,11-12H2,1-2H3,(H,23,27)(H,24,25,28). The van der Waals surface area contributed by atoms with Crippen LogP contribution in [0.15, 0.2) is 41.8 Å². The van der Waals surface area contributed by atoms with Crippen LogP contribution in [0.25, 0.3) is 0 Å². The van der Waals surface area contributed by atoms with Crippen molar-refractivity contribution in [1.29, 1.82) is 0 Å². The number of benzene rings is 1. The van der Waals surface area contributed by atoms with Gasteiger partial charge < -0.3 is 9.88 Å². The molecule has 1 aromatic carbocycles. The average Bonchev–Trinajstić information content (AvgIpc) is 3.31. The molecule has 1 aliphatic rings. The van der Waals surface area contributed by atoms with Crippen LogP contribution < -0.4 is 10.6 Å². The van der Waals surface area contributed by atoms with Crippen molar-refractivity contribution in [3.8, 4) is 0 Å². The third kappa shape index (κ3) is 4.73. The maximum atomic E-state index is 12.9. The molecule has 0 radical (unpaired) electrons. The normalized spacial score (nSPS) is 15.5. The quantitative estimate of drug-likeness (QED) is 0.565. The smallest absolute Gasteiger partial charge is 0.259 e. The summed E-state index contributed by atoms with van der Waals surface area (Å²) in [6.45, 7) is 2.24. The molecule has 1 aliphatic carbocycles. The van der Waals surface area contributed by atoms with Crippen LogP contribution in [0.2, 0.25) is 0 Å². The molecule has 0 bridgehead atoms.